The van der Waals surface area contributed by atoms with Crippen molar-refractivity contribution in [1.82, 2.24) is 4.90 Å². The first-order chi connectivity index (χ1) is 15.1. The molecule has 2 aromatic carbocycles. The van der Waals surface area contributed by atoms with E-state index in [1.54, 1.807) is 18.2 Å². The van der Waals surface area contributed by atoms with E-state index in [2.05, 4.69) is 20.4 Å². The van der Waals surface area contributed by atoms with Crippen molar-refractivity contribution in [3.8, 4) is 5.75 Å². The highest BCUT2D eigenvalue weighted by atomic mass is 32.2. The molecule has 2 aromatic rings. The summed E-state index contributed by atoms with van der Waals surface area (Å²) in [5, 5.41) is 0. The van der Waals surface area contributed by atoms with Gasteiger partial charge in [0.1, 0.15) is 18.5 Å². The molecule has 0 N–H and O–H groups in total. The Morgan fingerprint density at radius 1 is 1.25 bits per heavy atom. The number of anilines is 1. The van der Waals surface area contributed by atoms with Crippen LogP contribution in [0.4, 0.5) is 5.69 Å². The molecule has 172 valence electrons. The third-order valence-electron chi connectivity index (χ3n) is 5.63. The van der Waals surface area contributed by atoms with Crippen LogP contribution >= 0.6 is 0 Å². The Morgan fingerprint density at radius 2 is 2.00 bits per heavy atom. The summed E-state index contributed by atoms with van der Waals surface area (Å²) in [6, 6.07) is 12.8. The maximum Gasteiger partial charge on any atom is 0.264 e. The Hall–Kier alpha value is -2.64. The van der Waals surface area contributed by atoms with Crippen LogP contribution in [0.5, 0.6) is 5.75 Å². The Labute approximate surface area is 192 Å². The van der Waals surface area contributed by atoms with Crippen LogP contribution in [0.3, 0.4) is 0 Å². The molecule has 1 aliphatic heterocycles. The lowest BCUT2D eigenvalue weighted by Gasteiger charge is -2.31. The smallest absolute Gasteiger partial charge is 0.264 e. The molecule has 3 rings (SSSR count). The summed E-state index contributed by atoms with van der Waals surface area (Å²) in [5.74, 6) is 0.805. The first-order valence-corrected chi connectivity index (χ1v) is 12.3. The Balaban J connectivity index is 2.02. The van der Waals surface area contributed by atoms with Crippen LogP contribution in [-0.4, -0.2) is 52.4 Å². The summed E-state index contributed by atoms with van der Waals surface area (Å²) in [6.07, 6.45) is 2.55. The van der Waals surface area contributed by atoms with Crippen molar-refractivity contribution in [2.24, 2.45) is 4.99 Å². The number of sulfonamides is 1. The average Bonchev–Trinajstić information content (AvgIpc) is 2.77. The molecule has 7 heteroatoms. The van der Waals surface area contributed by atoms with E-state index in [0.29, 0.717) is 22.9 Å². The molecule has 6 nitrogen and oxygen atoms in total. The topological polar surface area (TPSA) is 62.2 Å². The summed E-state index contributed by atoms with van der Waals surface area (Å²) in [5.41, 5.74) is 3.23. The second-order valence-corrected chi connectivity index (χ2v) is 10.4. The summed E-state index contributed by atoms with van der Waals surface area (Å²) in [6.45, 7) is 10.4. The molecule has 1 unspecified atom stereocenters. The normalized spacial score (nSPS) is 15.5. The number of benzene rings is 2. The summed E-state index contributed by atoms with van der Waals surface area (Å²) < 4.78 is 34.4. The van der Waals surface area contributed by atoms with Crippen LogP contribution in [0.25, 0.3) is 0 Å². The third-order valence-corrected chi connectivity index (χ3v) is 7.44. The van der Waals surface area contributed by atoms with Crippen molar-refractivity contribution < 1.29 is 13.2 Å². The molecule has 0 radical (unpaired) electrons. The summed E-state index contributed by atoms with van der Waals surface area (Å²) in [4.78, 5) is 7.15. The first-order valence-electron chi connectivity index (χ1n) is 10.9. The lowest BCUT2D eigenvalue weighted by Crippen LogP contribution is -2.38. The van der Waals surface area contributed by atoms with E-state index in [9.17, 15) is 8.42 Å². The van der Waals surface area contributed by atoms with Crippen molar-refractivity contribution in [3.05, 3.63) is 66.2 Å². The monoisotopic (exact) mass is 455 g/mol. The number of rotatable bonds is 8. The molecule has 32 heavy (non-hydrogen) atoms. The van der Waals surface area contributed by atoms with E-state index >= 15 is 0 Å². The zero-order valence-corrected chi connectivity index (χ0v) is 20.4. The van der Waals surface area contributed by atoms with Gasteiger partial charge < -0.3 is 4.74 Å². The fourth-order valence-corrected chi connectivity index (χ4v) is 5.16. The van der Waals surface area contributed by atoms with E-state index in [0.717, 1.165) is 23.3 Å². The van der Waals surface area contributed by atoms with Gasteiger partial charge in [0.05, 0.1) is 17.1 Å². The Bertz CT molecular complexity index is 1110. The standard InChI is InChI=1S/C25H33N3O3S/c1-7-9-25(27(5)6)26-19(4)21-12-13-24-23(17-21)28(14-15-31-24)32(29,30)22-11-8-10-20(16-22)18(2)3/h7-8,10-13,16-18,25H,1,9,14-15H2,2-6H3/b26-19+. The number of aliphatic imine (C=N–C) groups is 1. The molecule has 0 spiro atoms. The van der Waals surface area contributed by atoms with Crippen molar-refractivity contribution >= 4 is 21.4 Å². The van der Waals surface area contributed by atoms with Crippen LogP contribution in [-0.2, 0) is 10.0 Å². The summed E-state index contributed by atoms with van der Waals surface area (Å²) >= 11 is 0. The van der Waals surface area contributed by atoms with E-state index in [1.165, 1.54) is 4.31 Å². The molecule has 0 aromatic heterocycles. The molecule has 0 fully saturated rings. The van der Waals surface area contributed by atoms with Gasteiger partial charge in [-0.2, -0.15) is 0 Å². The SMILES string of the molecule is C=CCC(/N=C(\C)c1ccc2c(c1)N(S(=O)(=O)c1cccc(C(C)C)c1)CCO2)N(C)C. The highest BCUT2D eigenvalue weighted by molar-refractivity contribution is 7.92. The van der Waals surface area contributed by atoms with Crippen LogP contribution in [0.15, 0.2) is 65.0 Å². The van der Waals surface area contributed by atoms with Gasteiger partial charge in [-0.15, -0.1) is 6.58 Å². The zero-order valence-electron chi connectivity index (χ0n) is 19.6. The molecule has 0 saturated carbocycles. The van der Waals surface area contributed by atoms with Crippen LogP contribution in [0, 0.1) is 0 Å². The molecule has 0 aliphatic carbocycles. The molecule has 0 bridgehead atoms. The van der Waals surface area contributed by atoms with Gasteiger partial charge in [0.25, 0.3) is 10.0 Å². The van der Waals surface area contributed by atoms with Crippen LogP contribution < -0.4 is 9.04 Å². The lowest BCUT2D eigenvalue weighted by atomic mass is 10.0. The van der Waals surface area contributed by atoms with Gasteiger partial charge in [-0.05, 0) is 68.4 Å². The van der Waals surface area contributed by atoms with Gasteiger partial charge in [-0.25, -0.2) is 8.42 Å². The fourth-order valence-electron chi connectivity index (χ4n) is 3.66. The van der Waals surface area contributed by atoms with Crippen molar-refractivity contribution in [3.63, 3.8) is 0 Å². The number of hydrogen-bond acceptors (Lipinski definition) is 5. The van der Waals surface area contributed by atoms with Gasteiger partial charge in [-0.1, -0.05) is 32.1 Å². The predicted octanol–water partition coefficient (Wildman–Crippen LogP) is 4.67. The number of ether oxygens (including phenoxy) is 1. The second kappa shape index (κ2) is 9.88. The number of hydrogen-bond donors (Lipinski definition) is 0. The van der Waals surface area contributed by atoms with Crippen molar-refractivity contribution in [1.29, 1.82) is 0 Å². The van der Waals surface area contributed by atoms with Crippen LogP contribution in [0.2, 0.25) is 0 Å². The number of fused-ring (bicyclic) bond motifs is 1. The van der Waals surface area contributed by atoms with Gasteiger partial charge in [0.2, 0.25) is 0 Å². The van der Waals surface area contributed by atoms with Gasteiger partial charge in [0.15, 0.2) is 0 Å². The molecule has 1 atom stereocenters. The van der Waals surface area contributed by atoms with Crippen molar-refractivity contribution in [2.45, 2.75) is 44.2 Å². The fraction of sp³-hybridized carbons (Fsp3) is 0.400. The minimum Gasteiger partial charge on any atom is -0.489 e. The van der Waals surface area contributed by atoms with E-state index in [4.69, 9.17) is 9.73 Å². The first kappa shape index (κ1) is 24.0. The second-order valence-electron chi connectivity index (χ2n) is 8.52. The molecular weight excluding hydrogens is 422 g/mol. The zero-order chi connectivity index (χ0) is 23.5. The minimum absolute atomic E-state index is 0.0293. The maximum atomic E-state index is 13.6. The molecule has 0 saturated heterocycles. The maximum absolute atomic E-state index is 13.6. The predicted molar refractivity (Wildman–Crippen MR) is 131 cm³/mol. The molecule has 1 aliphatic rings. The Kier molecular flexibility index (Phi) is 7.41. The van der Waals surface area contributed by atoms with Gasteiger partial charge >= 0.3 is 0 Å². The molecular formula is C25H33N3O3S. The van der Waals surface area contributed by atoms with Gasteiger partial charge in [0, 0.05) is 12.1 Å². The third kappa shape index (κ3) is 5.05. The average molecular weight is 456 g/mol. The van der Waals surface area contributed by atoms with E-state index in [-0.39, 0.29) is 18.6 Å². The van der Waals surface area contributed by atoms with Gasteiger partial charge in [-0.3, -0.25) is 14.2 Å². The minimum atomic E-state index is -3.73. The summed E-state index contributed by atoms with van der Waals surface area (Å²) in [7, 11) is 0.228. The largest absolute Gasteiger partial charge is 0.489 e. The highest BCUT2D eigenvalue weighted by Crippen LogP contribution is 2.36. The molecule has 1 heterocycles. The molecule has 0 amide bonds. The van der Waals surface area contributed by atoms with Crippen LogP contribution in [0.1, 0.15) is 44.2 Å². The number of nitrogens with zero attached hydrogens (tertiary/aromatic N) is 3. The Morgan fingerprint density at radius 3 is 2.66 bits per heavy atom. The quantitative estimate of drug-likeness (QED) is 0.429. The van der Waals surface area contributed by atoms with Crippen molar-refractivity contribution in [2.75, 3.05) is 31.6 Å². The lowest BCUT2D eigenvalue weighted by molar-refractivity contribution is 0.305. The van der Waals surface area contributed by atoms with E-state index in [1.807, 2.05) is 56.3 Å². The van der Waals surface area contributed by atoms with E-state index < -0.39 is 10.0 Å². The highest BCUT2D eigenvalue weighted by Gasteiger charge is 2.31.